The standard InChI is InChI=1S/C11H11FN2O/c1-6-11(12)9-3-7(5-15)2-8(9)10(4-13)14-6/h7,15H,2-3,5H2,1H3. The van der Waals surface area contributed by atoms with E-state index < -0.39 is 0 Å². The van der Waals surface area contributed by atoms with Gasteiger partial charge < -0.3 is 5.11 Å². The van der Waals surface area contributed by atoms with Crippen LogP contribution in [-0.4, -0.2) is 16.7 Å². The van der Waals surface area contributed by atoms with Gasteiger partial charge in [-0.2, -0.15) is 5.26 Å². The summed E-state index contributed by atoms with van der Waals surface area (Å²) >= 11 is 0. The lowest BCUT2D eigenvalue weighted by Crippen LogP contribution is -2.04. The number of nitriles is 1. The molecule has 1 heterocycles. The number of halogens is 1. The largest absolute Gasteiger partial charge is 0.396 e. The van der Waals surface area contributed by atoms with Crippen molar-refractivity contribution in [1.29, 1.82) is 5.26 Å². The molecule has 0 bridgehead atoms. The second-order valence-electron chi connectivity index (χ2n) is 3.89. The first-order chi connectivity index (χ1) is 7.17. The van der Waals surface area contributed by atoms with Crippen LogP contribution in [-0.2, 0) is 12.8 Å². The van der Waals surface area contributed by atoms with E-state index in [-0.39, 0.29) is 24.0 Å². The van der Waals surface area contributed by atoms with Crippen LogP contribution in [0.5, 0.6) is 0 Å². The van der Waals surface area contributed by atoms with E-state index in [0.717, 1.165) is 0 Å². The number of aromatic nitrogens is 1. The van der Waals surface area contributed by atoms with Crippen molar-refractivity contribution in [1.82, 2.24) is 4.98 Å². The Labute approximate surface area is 87.2 Å². The van der Waals surface area contributed by atoms with E-state index in [2.05, 4.69) is 4.98 Å². The fourth-order valence-corrected chi connectivity index (χ4v) is 2.08. The third-order valence-electron chi connectivity index (χ3n) is 2.86. The van der Waals surface area contributed by atoms with Gasteiger partial charge in [-0.3, -0.25) is 0 Å². The van der Waals surface area contributed by atoms with Crippen molar-refractivity contribution < 1.29 is 9.50 Å². The highest BCUT2D eigenvalue weighted by atomic mass is 19.1. The zero-order chi connectivity index (χ0) is 11.0. The van der Waals surface area contributed by atoms with E-state index in [0.29, 0.717) is 29.7 Å². The first-order valence-electron chi connectivity index (χ1n) is 4.86. The molecule has 0 aliphatic heterocycles. The minimum absolute atomic E-state index is 0.0258. The number of aliphatic hydroxyl groups is 1. The quantitative estimate of drug-likeness (QED) is 0.748. The summed E-state index contributed by atoms with van der Waals surface area (Å²) in [5.41, 5.74) is 1.82. The number of rotatable bonds is 1. The van der Waals surface area contributed by atoms with Gasteiger partial charge in [-0.15, -0.1) is 0 Å². The molecule has 4 heteroatoms. The van der Waals surface area contributed by atoms with Crippen LogP contribution in [0.1, 0.15) is 22.5 Å². The second kappa shape index (κ2) is 3.59. The van der Waals surface area contributed by atoms with Crippen LogP contribution in [0.4, 0.5) is 4.39 Å². The molecule has 1 N–H and O–H groups in total. The molecule has 3 nitrogen and oxygen atoms in total. The average Bonchev–Trinajstić information content (AvgIpc) is 2.67. The highest BCUT2D eigenvalue weighted by Crippen LogP contribution is 2.31. The number of hydrogen-bond acceptors (Lipinski definition) is 3. The van der Waals surface area contributed by atoms with Gasteiger partial charge in [0.1, 0.15) is 17.6 Å². The zero-order valence-electron chi connectivity index (χ0n) is 8.42. The summed E-state index contributed by atoms with van der Waals surface area (Å²) in [6, 6.07) is 1.98. The van der Waals surface area contributed by atoms with Crippen LogP contribution in [0.25, 0.3) is 0 Å². The molecule has 0 amide bonds. The van der Waals surface area contributed by atoms with Gasteiger partial charge in [0.05, 0.1) is 5.69 Å². The molecule has 15 heavy (non-hydrogen) atoms. The molecule has 1 aliphatic carbocycles. The van der Waals surface area contributed by atoms with Gasteiger partial charge in [0.15, 0.2) is 0 Å². The van der Waals surface area contributed by atoms with Crippen LogP contribution in [0, 0.1) is 30.0 Å². The molecule has 0 spiro atoms. The molecule has 1 unspecified atom stereocenters. The Balaban J connectivity index is 2.56. The molecule has 0 saturated carbocycles. The Bertz CT molecular complexity index is 451. The predicted molar refractivity (Wildman–Crippen MR) is 51.6 cm³/mol. The lowest BCUT2D eigenvalue weighted by atomic mass is 10.1. The van der Waals surface area contributed by atoms with Crippen molar-refractivity contribution in [2.75, 3.05) is 6.61 Å². The van der Waals surface area contributed by atoms with Crippen LogP contribution >= 0.6 is 0 Å². The Hall–Kier alpha value is -1.47. The van der Waals surface area contributed by atoms with Crippen LogP contribution in [0.15, 0.2) is 0 Å². The number of fused-ring (bicyclic) bond motifs is 1. The zero-order valence-corrected chi connectivity index (χ0v) is 8.42. The van der Waals surface area contributed by atoms with Gasteiger partial charge in [-0.1, -0.05) is 0 Å². The van der Waals surface area contributed by atoms with E-state index >= 15 is 0 Å². The summed E-state index contributed by atoms with van der Waals surface area (Å²) in [4.78, 5) is 3.91. The summed E-state index contributed by atoms with van der Waals surface area (Å²) < 4.78 is 13.7. The SMILES string of the molecule is Cc1nc(C#N)c2c(c1F)CC(CO)C2. The van der Waals surface area contributed by atoms with Gasteiger partial charge in [0, 0.05) is 6.61 Å². The molecular weight excluding hydrogens is 195 g/mol. The van der Waals surface area contributed by atoms with Crippen molar-refractivity contribution in [3.05, 3.63) is 28.3 Å². The molecule has 1 aliphatic rings. The Morgan fingerprint density at radius 1 is 1.53 bits per heavy atom. The Morgan fingerprint density at radius 2 is 2.20 bits per heavy atom. The summed E-state index contributed by atoms with van der Waals surface area (Å²) in [5.74, 6) is -0.287. The number of aliphatic hydroxyl groups excluding tert-OH is 1. The van der Waals surface area contributed by atoms with Gasteiger partial charge in [-0.25, -0.2) is 9.37 Å². The maximum Gasteiger partial charge on any atom is 0.147 e. The number of aryl methyl sites for hydroxylation is 1. The molecule has 1 aromatic heterocycles. The number of hydrogen-bond donors (Lipinski definition) is 1. The maximum absolute atomic E-state index is 13.7. The monoisotopic (exact) mass is 206 g/mol. The molecule has 0 saturated heterocycles. The summed E-state index contributed by atoms with van der Waals surface area (Å²) in [6.07, 6.45) is 1.06. The van der Waals surface area contributed by atoms with Gasteiger partial charge in [-0.05, 0) is 36.8 Å². The summed E-state index contributed by atoms with van der Waals surface area (Å²) in [6.45, 7) is 1.58. The minimum atomic E-state index is -0.319. The van der Waals surface area contributed by atoms with Gasteiger partial charge in [0.2, 0.25) is 0 Å². The highest BCUT2D eigenvalue weighted by molar-refractivity contribution is 5.43. The Morgan fingerprint density at radius 3 is 2.80 bits per heavy atom. The summed E-state index contributed by atoms with van der Waals surface area (Å²) in [5, 5.41) is 17.9. The van der Waals surface area contributed by atoms with E-state index in [4.69, 9.17) is 10.4 Å². The topological polar surface area (TPSA) is 56.9 Å². The fraction of sp³-hybridized carbons (Fsp3) is 0.455. The molecule has 1 atom stereocenters. The minimum Gasteiger partial charge on any atom is -0.396 e. The van der Waals surface area contributed by atoms with E-state index in [1.165, 1.54) is 0 Å². The second-order valence-corrected chi connectivity index (χ2v) is 3.89. The van der Waals surface area contributed by atoms with Crippen molar-refractivity contribution in [3.63, 3.8) is 0 Å². The van der Waals surface area contributed by atoms with Crippen LogP contribution in [0.3, 0.4) is 0 Å². The maximum atomic E-state index is 13.7. The average molecular weight is 206 g/mol. The predicted octanol–water partition coefficient (Wildman–Crippen LogP) is 1.11. The lowest BCUT2D eigenvalue weighted by Gasteiger charge is -2.04. The fourth-order valence-electron chi connectivity index (χ4n) is 2.08. The summed E-state index contributed by atoms with van der Waals surface area (Å²) in [7, 11) is 0. The lowest BCUT2D eigenvalue weighted by molar-refractivity contribution is 0.232. The normalized spacial score (nSPS) is 18.7. The smallest absolute Gasteiger partial charge is 0.147 e. The number of nitrogens with zero attached hydrogens (tertiary/aromatic N) is 2. The van der Waals surface area contributed by atoms with Gasteiger partial charge >= 0.3 is 0 Å². The highest BCUT2D eigenvalue weighted by Gasteiger charge is 2.28. The molecule has 1 aromatic rings. The van der Waals surface area contributed by atoms with Crippen molar-refractivity contribution in [2.45, 2.75) is 19.8 Å². The first kappa shape index (κ1) is 10.1. The third-order valence-corrected chi connectivity index (χ3v) is 2.86. The number of pyridine rings is 1. The van der Waals surface area contributed by atoms with E-state index in [1.54, 1.807) is 6.92 Å². The van der Waals surface area contributed by atoms with Crippen LogP contribution in [0.2, 0.25) is 0 Å². The first-order valence-corrected chi connectivity index (χ1v) is 4.86. The van der Waals surface area contributed by atoms with Crippen molar-refractivity contribution >= 4 is 0 Å². The van der Waals surface area contributed by atoms with E-state index in [1.807, 2.05) is 6.07 Å². The molecular formula is C11H11FN2O. The third kappa shape index (κ3) is 1.49. The van der Waals surface area contributed by atoms with Crippen LogP contribution < -0.4 is 0 Å². The molecule has 78 valence electrons. The van der Waals surface area contributed by atoms with Crippen molar-refractivity contribution in [3.8, 4) is 6.07 Å². The Kier molecular flexibility index (Phi) is 2.41. The van der Waals surface area contributed by atoms with E-state index in [9.17, 15) is 4.39 Å². The molecule has 2 rings (SSSR count). The van der Waals surface area contributed by atoms with Gasteiger partial charge in [0.25, 0.3) is 0 Å². The molecule has 0 radical (unpaired) electrons. The molecule has 0 aromatic carbocycles. The molecule has 0 fully saturated rings. The van der Waals surface area contributed by atoms with Crippen molar-refractivity contribution in [2.24, 2.45) is 5.92 Å².